The SMILES string of the molecule is CC1CC(Sc2cccc(NC(=O)c3c(F)cccc3Cl)n2)CCN1C. The molecule has 0 radical (unpaired) electrons. The molecule has 2 atom stereocenters. The third-order valence-corrected chi connectivity index (χ3v) is 6.15. The molecule has 0 bridgehead atoms. The number of carbonyl (C=O) groups is 1. The quantitative estimate of drug-likeness (QED) is 0.817. The summed E-state index contributed by atoms with van der Waals surface area (Å²) in [4.78, 5) is 19.2. The van der Waals surface area contributed by atoms with Crippen LogP contribution in [0.2, 0.25) is 5.02 Å². The molecular weight excluding hydrogens is 373 g/mol. The Bertz CT molecular complexity index is 784. The van der Waals surface area contributed by atoms with E-state index in [1.807, 2.05) is 12.1 Å². The van der Waals surface area contributed by atoms with E-state index in [1.165, 1.54) is 18.2 Å². The van der Waals surface area contributed by atoms with Crippen molar-refractivity contribution in [3.05, 3.63) is 52.8 Å². The lowest BCUT2D eigenvalue weighted by Gasteiger charge is -2.34. The summed E-state index contributed by atoms with van der Waals surface area (Å²) in [5.41, 5.74) is -0.168. The zero-order valence-corrected chi connectivity index (χ0v) is 16.3. The van der Waals surface area contributed by atoms with Crippen molar-refractivity contribution >= 4 is 35.1 Å². The third-order valence-electron chi connectivity index (χ3n) is 4.60. The number of aromatic nitrogens is 1. The van der Waals surface area contributed by atoms with Crippen LogP contribution in [0.3, 0.4) is 0 Å². The molecule has 1 fully saturated rings. The Kier molecular flexibility index (Phi) is 6.16. The van der Waals surface area contributed by atoms with Crippen molar-refractivity contribution in [3.8, 4) is 0 Å². The lowest BCUT2D eigenvalue weighted by molar-refractivity contribution is 0.102. The van der Waals surface area contributed by atoms with E-state index in [-0.39, 0.29) is 10.6 Å². The fraction of sp³-hybridized carbons (Fsp3) is 0.368. The number of halogens is 2. The second kappa shape index (κ2) is 8.37. The predicted molar refractivity (Wildman–Crippen MR) is 105 cm³/mol. The normalized spacial score (nSPS) is 20.8. The minimum atomic E-state index is -0.652. The molecular formula is C19H21ClFN3OS. The summed E-state index contributed by atoms with van der Waals surface area (Å²) in [6.45, 7) is 3.30. The number of hydrogen-bond donors (Lipinski definition) is 1. The predicted octanol–water partition coefficient (Wildman–Crippen LogP) is 4.70. The van der Waals surface area contributed by atoms with Crippen molar-refractivity contribution in [1.29, 1.82) is 0 Å². The number of anilines is 1. The maximum Gasteiger partial charge on any atom is 0.261 e. The number of hydrogen-bond acceptors (Lipinski definition) is 4. The van der Waals surface area contributed by atoms with Gasteiger partial charge in [-0.1, -0.05) is 23.7 Å². The van der Waals surface area contributed by atoms with Gasteiger partial charge in [0.2, 0.25) is 0 Å². The van der Waals surface area contributed by atoms with E-state index in [4.69, 9.17) is 11.6 Å². The maximum atomic E-state index is 13.9. The minimum Gasteiger partial charge on any atom is -0.306 e. The molecule has 1 amide bonds. The molecule has 1 aliphatic rings. The molecule has 1 aromatic heterocycles. The van der Waals surface area contributed by atoms with Crippen molar-refractivity contribution in [1.82, 2.24) is 9.88 Å². The Hall–Kier alpha value is -1.63. The number of thioether (sulfide) groups is 1. The summed E-state index contributed by atoms with van der Waals surface area (Å²) in [5.74, 6) is -0.864. The van der Waals surface area contributed by atoms with Crippen LogP contribution in [0.4, 0.5) is 10.2 Å². The Balaban J connectivity index is 1.69. The Morgan fingerprint density at radius 2 is 2.12 bits per heavy atom. The molecule has 2 unspecified atom stereocenters. The van der Waals surface area contributed by atoms with E-state index >= 15 is 0 Å². The Morgan fingerprint density at radius 3 is 2.85 bits per heavy atom. The van der Waals surface area contributed by atoms with Gasteiger partial charge >= 0.3 is 0 Å². The van der Waals surface area contributed by atoms with E-state index < -0.39 is 11.7 Å². The highest BCUT2D eigenvalue weighted by Gasteiger charge is 2.24. The maximum absolute atomic E-state index is 13.9. The summed E-state index contributed by atoms with van der Waals surface area (Å²) >= 11 is 7.67. The van der Waals surface area contributed by atoms with E-state index in [1.54, 1.807) is 17.8 Å². The van der Waals surface area contributed by atoms with Gasteiger partial charge < -0.3 is 10.2 Å². The zero-order valence-electron chi connectivity index (χ0n) is 14.7. The van der Waals surface area contributed by atoms with Crippen molar-refractivity contribution in [3.63, 3.8) is 0 Å². The van der Waals surface area contributed by atoms with Gasteiger partial charge in [0.15, 0.2) is 0 Å². The van der Waals surface area contributed by atoms with Crippen molar-refractivity contribution in [2.45, 2.75) is 36.1 Å². The number of pyridine rings is 1. The van der Waals surface area contributed by atoms with Crippen LogP contribution in [-0.2, 0) is 0 Å². The van der Waals surface area contributed by atoms with Crippen LogP contribution in [0.15, 0.2) is 41.4 Å². The van der Waals surface area contributed by atoms with E-state index in [9.17, 15) is 9.18 Å². The first-order valence-corrected chi connectivity index (χ1v) is 9.79. The van der Waals surface area contributed by atoms with Gasteiger partial charge in [-0.15, -0.1) is 11.8 Å². The summed E-state index contributed by atoms with van der Waals surface area (Å²) in [5, 5.41) is 4.07. The van der Waals surface area contributed by atoms with E-state index in [0.29, 0.717) is 17.1 Å². The monoisotopic (exact) mass is 393 g/mol. The van der Waals surface area contributed by atoms with E-state index in [0.717, 1.165) is 24.4 Å². The highest BCUT2D eigenvalue weighted by molar-refractivity contribution is 7.99. The molecule has 1 N–H and O–H groups in total. The molecule has 4 nitrogen and oxygen atoms in total. The van der Waals surface area contributed by atoms with Crippen LogP contribution < -0.4 is 5.32 Å². The average Bonchev–Trinajstić information content (AvgIpc) is 2.58. The fourth-order valence-electron chi connectivity index (χ4n) is 2.97. The molecule has 2 heterocycles. The number of nitrogens with zero attached hydrogens (tertiary/aromatic N) is 2. The molecule has 0 aliphatic carbocycles. The molecule has 1 aliphatic heterocycles. The van der Waals surface area contributed by atoms with Gasteiger partial charge in [-0.2, -0.15) is 0 Å². The van der Waals surface area contributed by atoms with E-state index in [2.05, 4.69) is 29.2 Å². The lowest BCUT2D eigenvalue weighted by Crippen LogP contribution is -2.38. The van der Waals surface area contributed by atoms with Crippen LogP contribution in [0.1, 0.15) is 30.1 Å². The summed E-state index contributed by atoms with van der Waals surface area (Å²) in [6, 6.07) is 10.2. The van der Waals surface area contributed by atoms with Gasteiger partial charge in [0.1, 0.15) is 11.6 Å². The fourth-order valence-corrected chi connectivity index (χ4v) is 4.46. The Morgan fingerprint density at radius 1 is 1.35 bits per heavy atom. The highest BCUT2D eigenvalue weighted by Crippen LogP contribution is 2.31. The number of carbonyl (C=O) groups excluding carboxylic acids is 1. The van der Waals surface area contributed by atoms with Gasteiger partial charge in [0.05, 0.1) is 15.6 Å². The largest absolute Gasteiger partial charge is 0.306 e. The summed E-state index contributed by atoms with van der Waals surface area (Å²) < 4.78 is 13.9. The van der Waals surface area contributed by atoms with Gasteiger partial charge in [-0.05, 0) is 57.6 Å². The highest BCUT2D eigenvalue weighted by atomic mass is 35.5. The minimum absolute atomic E-state index is 0.0772. The van der Waals surface area contributed by atoms with Crippen molar-refractivity contribution in [2.24, 2.45) is 0 Å². The topological polar surface area (TPSA) is 45.2 Å². The number of amides is 1. The number of benzene rings is 1. The van der Waals surface area contributed by atoms with Crippen LogP contribution in [0.5, 0.6) is 0 Å². The second-order valence-electron chi connectivity index (χ2n) is 6.51. The molecule has 138 valence electrons. The molecule has 1 saturated heterocycles. The van der Waals surface area contributed by atoms with Crippen LogP contribution in [0.25, 0.3) is 0 Å². The molecule has 26 heavy (non-hydrogen) atoms. The summed E-state index contributed by atoms with van der Waals surface area (Å²) in [7, 11) is 2.15. The molecule has 2 aromatic rings. The lowest BCUT2D eigenvalue weighted by atomic mass is 10.0. The number of nitrogens with one attached hydrogen (secondary N) is 1. The molecule has 1 aromatic carbocycles. The first-order valence-electron chi connectivity index (χ1n) is 8.53. The first-order chi connectivity index (χ1) is 12.4. The number of piperidine rings is 1. The van der Waals surface area contributed by atoms with Gasteiger partial charge in [-0.25, -0.2) is 9.37 Å². The number of likely N-dealkylation sites (tertiary alicyclic amines) is 1. The average molecular weight is 394 g/mol. The van der Waals surface area contributed by atoms with Crippen LogP contribution >= 0.6 is 23.4 Å². The van der Waals surface area contributed by atoms with Crippen LogP contribution in [0, 0.1) is 5.82 Å². The summed E-state index contributed by atoms with van der Waals surface area (Å²) in [6.07, 6.45) is 2.21. The second-order valence-corrected chi connectivity index (χ2v) is 8.23. The van der Waals surface area contributed by atoms with Gasteiger partial charge in [0.25, 0.3) is 5.91 Å². The molecule has 0 spiro atoms. The van der Waals surface area contributed by atoms with Gasteiger partial charge in [-0.3, -0.25) is 4.79 Å². The smallest absolute Gasteiger partial charge is 0.261 e. The standard InChI is InChI=1S/C19H21ClFN3OS/c1-12-11-13(9-10-24(12)2)26-17-8-4-7-16(22-17)23-19(25)18-14(20)5-3-6-15(18)21/h3-8,12-13H,9-11H2,1-2H3,(H,22,23,25). The van der Waals surface area contributed by atoms with Gasteiger partial charge in [0, 0.05) is 11.3 Å². The van der Waals surface area contributed by atoms with Crippen molar-refractivity contribution < 1.29 is 9.18 Å². The first kappa shape index (κ1) is 19.1. The third kappa shape index (κ3) is 4.55. The Labute approximate surface area is 162 Å². The van der Waals surface area contributed by atoms with Crippen molar-refractivity contribution in [2.75, 3.05) is 18.9 Å². The molecule has 0 saturated carbocycles. The number of rotatable bonds is 4. The molecule has 3 rings (SSSR count). The zero-order chi connectivity index (χ0) is 18.7. The van der Waals surface area contributed by atoms with Crippen LogP contribution in [-0.4, -0.2) is 40.7 Å². The molecule has 7 heteroatoms.